The number of benzene rings is 1. The molecule has 2 rings (SSSR count). The molecule has 0 N–H and O–H groups in total. The Kier molecular flexibility index (Phi) is 5.03. The molecule has 1 aromatic rings. The van der Waals surface area contributed by atoms with Gasteiger partial charge in [-0.3, -0.25) is 4.79 Å². The lowest BCUT2D eigenvalue weighted by Crippen LogP contribution is -2.28. The van der Waals surface area contributed by atoms with Gasteiger partial charge in [-0.15, -0.1) is 6.58 Å². The lowest BCUT2D eigenvalue weighted by molar-refractivity contribution is -0.122. The first-order valence-electron chi connectivity index (χ1n) is 7.90. The summed E-state index contributed by atoms with van der Waals surface area (Å²) in [6, 6.07) is 0. The monoisotopic (exact) mass is 318 g/mol. The molecular formula is C19H26O4. The van der Waals surface area contributed by atoms with Gasteiger partial charge in [-0.05, 0) is 18.8 Å². The maximum absolute atomic E-state index is 12.7. The van der Waals surface area contributed by atoms with Crippen molar-refractivity contribution in [2.24, 2.45) is 5.92 Å². The molecule has 0 heterocycles. The van der Waals surface area contributed by atoms with Crippen molar-refractivity contribution >= 4 is 5.78 Å². The van der Waals surface area contributed by atoms with Crippen molar-refractivity contribution in [1.29, 1.82) is 0 Å². The van der Waals surface area contributed by atoms with Crippen LogP contribution in [0.2, 0.25) is 0 Å². The second-order valence-corrected chi connectivity index (χ2v) is 6.20. The van der Waals surface area contributed by atoms with Gasteiger partial charge in [-0.1, -0.05) is 19.9 Å². The molecule has 126 valence electrons. The van der Waals surface area contributed by atoms with Crippen LogP contribution in [0, 0.1) is 12.8 Å². The van der Waals surface area contributed by atoms with Gasteiger partial charge < -0.3 is 14.2 Å². The molecule has 4 nitrogen and oxygen atoms in total. The fourth-order valence-electron chi connectivity index (χ4n) is 3.74. The third-order valence-corrected chi connectivity index (χ3v) is 4.83. The molecule has 0 unspecified atom stereocenters. The molecule has 1 aliphatic carbocycles. The predicted octanol–water partition coefficient (Wildman–Crippen LogP) is 4.00. The molecule has 0 saturated heterocycles. The maximum atomic E-state index is 12.7. The third-order valence-electron chi connectivity index (χ3n) is 4.83. The van der Waals surface area contributed by atoms with E-state index in [2.05, 4.69) is 6.58 Å². The highest BCUT2D eigenvalue weighted by Gasteiger charge is 2.40. The zero-order valence-electron chi connectivity index (χ0n) is 14.9. The number of allylic oxidation sites excluding steroid dienone is 1. The van der Waals surface area contributed by atoms with Gasteiger partial charge in [0.1, 0.15) is 11.5 Å². The Bertz CT molecular complexity index is 633. The second-order valence-electron chi connectivity index (χ2n) is 6.20. The van der Waals surface area contributed by atoms with Gasteiger partial charge in [0.25, 0.3) is 0 Å². The van der Waals surface area contributed by atoms with Gasteiger partial charge in [0.2, 0.25) is 0 Å². The average molecular weight is 318 g/mol. The average Bonchev–Trinajstić information content (AvgIpc) is 2.53. The van der Waals surface area contributed by atoms with E-state index in [9.17, 15) is 4.79 Å². The van der Waals surface area contributed by atoms with Crippen molar-refractivity contribution in [3.63, 3.8) is 0 Å². The van der Waals surface area contributed by atoms with Crippen molar-refractivity contribution in [1.82, 2.24) is 0 Å². The van der Waals surface area contributed by atoms with Crippen LogP contribution >= 0.6 is 0 Å². The number of rotatable bonds is 5. The molecule has 0 amide bonds. The van der Waals surface area contributed by atoms with Crippen molar-refractivity contribution in [3.8, 4) is 17.2 Å². The van der Waals surface area contributed by atoms with Crippen LogP contribution in [0.3, 0.4) is 0 Å². The van der Waals surface area contributed by atoms with Crippen molar-refractivity contribution in [2.45, 2.75) is 39.0 Å². The van der Waals surface area contributed by atoms with Gasteiger partial charge in [-0.25, -0.2) is 0 Å². The Hall–Kier alpha value is -1.97. The summed E-state index contributed by atoms with van der Waals surface area (Å²) in [5.41, 5.74) is 2.80. The first kappa shape index (κ1) is 17.4. The normalized spacial score (nSPS) is 21.4. The molecular weight excluding hydrogens is 292 g/mol. The Balaban J connectivity index is 2.90. The lowest BCUT2D eigenvalue weighted by Gasteiger charge is -2.35. The Morgan fingerprint density at radius 2 is 1.65 bits per heavy atom. The molecule has 4 heteroatoms. The van der Waals surface area contributed by atoms with E-state index < -0.39 is 0 Å². The van der Waals surface area contributed by atoms with E-state index in [0.29, 0.717) is 17.9 Å². The molecule has 1 aromatic carbocycles. The van der Waals surface area contributed by atoms with E-state index in [1.54, 1.807) is 21.3 Å². The SMILES string of the molecule is C=C[C@@H](C)[C@H]1C(=O)C[C@H](C)c2c(OC)c(OC)c(C)c(OC)c21. The summed E-state index contributed by atoms with van der Waals surface area (Å²) in [6.45, 7) is 9.86. The Morgan fingerprint density at radius 1 is 1.09 bits per heavy atom. The quantitative estimate of drug-likeness (QED) is 0.770. The number of carbonyl (C=O) groups excluding carboxylic acids is 1. The summed E-state index contributed by atoms with van der Waals surface area (Å²) >= 11 is 0. The molecule has 23 heavy (non-hydrogen) atoms. The van der Waals surface area contributed by atoms with E-state index in [0.717, 1.165) is 22.4 Å². The number of methoxy groups -OCH3 is 3. The minimum atomic E-state index is -0.257. The summed E-state index contributed by atoms with van der Waals surface area (Å²) in [5.74, 6) is 2.16. The molecule has 3 atom stereocenters. The number of Topliss-reactive ketones (excluding diaryl/α,β-unsaturated/α-hetero) is 1. The standard InChI is InChI=1S/C19H26O4/c1-8-10(2)14-13(20)9-11(3)15-16(14)17(21-5)12(4)18(22-6)19(15)23-7/h8,10-11,14H,1,9H2,2-7H3/t10-,11+,14+/m1/s1. The molecule has 0 bridgehead atoms. The van der Waals surface area contributed by atoms with E-state index in [-0.39, 0.29) is 23.5 Å². The lowest BCUT2D eigenvalue weighted by atomic mass is 9.70. The van der Waals surface area contributed by atoms with Gasteiger partial charge in [0.15, 0.2) is 11.5 Å². The van der Waals surface area contributed by atoms with Crippen molar-refractivity contribution < 1.29 is 19.0 Å². The fourth-order valence-corrected chi connectivity index (χ4v) is 3.74. The highest BCUT2D eigenvalue weighted by Crippen LogP contribution is 2.54. The van der Waals surface area contributed by atoms with Crippen molar-refractivity contribution in [3.05, 3.63) is 29.3 Å². The summed E-state index contributed by atoms with van der Waals surface area (Å²) in [7, 11) is 4.90. The van der Waals surface area contributed by atoms with Crippen molar-refractivity contribution in [2.75, 3.05) is 21.3 Å². The van der Waals surface area contributed by atoms with Gasteiger partial charge >= 0.3 is 0 Å². The summed E-state index contributed by atoms with van der Waals surface area (Å²) in [6.07, 6.45) is 2.31. The van der Waals surface area contributed by atoms with E-state index in [1.165, 1.54) is 0 Å². The largest absolute Gasteiger partial charge is 0.496 e. The summed E-state index contributed by atoms with van der Waals surface area (Å²) < 4.78 is 16.9. The number of ketones is 1. The number of fused-ring (bicyclic) bond motifs is 1. The van der Waals surface area contributed by atoms with E-state index in [4.69, 9.17) is 14.2 Å². The minimum Gasteiger partial charge on any atom is -0.496 e. The molecule has 0 radical (unpaired) electrons. The Morgan fingerprint density at radius 3 is 2.13 bits per heavy atom. The highest BCUT2D eigenvalue weighted by molar-refractivity contribution is 5.91. The smallest absolute Gasteiger partial charge is 0.167 e. The molecule has 0 saturated carbocycles. The molecule has 1 aliphatic rings. The number of hydrogen-bond acceptors (Lipinski definition) is 4. The number of carbonyl (C=O) groups is 1. The van der Waals surface area contributed by atoms with Gasteiger partial charge in [-0.2, -0.15) is 0 Å². The summed E-state index contributed by atoms with van der Waals surface area (Å²) in [5, 5.41) is 0. The third kappa shape index (κ3) is 2.60. The van der Waals surface area contributed by atoms with E-state index in [1.807, 2.05) is 26.8 Å². The number of hydrogen-bond donors (Lipinski definition) is 0. The van der Waals surface area contributed by atoms with Crippen LogP contribution in [0.5, 0.6) is 17.2 Å². The summed E-state index contributed by atoms with van der Waals surface area (Å²) in [4.78, 5) is 12.7. The van der Waals surface area contributed by atoms with E-state index >= 15 is 0 Å². The van der Waals surface area contributed by atoms with Gasteiger partial charge in [0.05, 0.1) is 27.2 Å². The molecule has 0 fully saturated rings. The van der Waals surface area contributed by atoms with Crippen LogP contribution in [0.1, 0.15) is 48.8 Å². The van der Waals surface area contributed by atoms with Gasteiger partial charge in [0, 0.05) is 23.1 Å². The fraction of sp³-hybridized carbons (Fsp3) is 0.526. The minimum absolute atomic E-state index is 0.0279. The molecule has 0 aromatic heterocycles. The zero-order chi connectivity index (χ0) is 17.3. The highest BCUT2D eigenvalue weighted by atomic mass is 16.5. The molecule has 0 aliphatic heterocycles. The van der Waals surface area contributed by atoms with Crippen LogP contribution in [-0.2, 0) is 4.79 Å². The first-order valence-corrected chi connectivity index (χ1v) is 7.90. The topological polar surface area (TPSA) is 44.8 Å². The van der Waals surface area contributed by atoms with Crippen LogP contribution in [-0.4, -0.2) is 27.1 Å². The van der Waals surface area contributed by atoms with Crippen LogP contribution in [0.25, 0.3) is 0 Å². The predicted molar refractivity (Wildman–Crippen MR) is 91.0 cm³/mol. The second kappa shape index (κ2) is 6.65. The van der Waals surface area contributed by atoms with Crippen LogP contribution in [0.4, 0.5) is 0 Å². The first-order chi connectivity index (χ1) is 10.9. The van der Waals surface area contributed by atoms with Crippen LogP contribution in [0.15, 0.2) is 12.7 Å². The van der Waals surface area contributed by atoms with Crippen LogP contribution < -0.4 is 14.2 Å². The number of ether oxygens (including phenoxy) is 3. The Labute approximate surface area is 138 Å². The zero-order valence-corrected chi connectivity index (χ0v) is 14.9. The molecule has 0 spiro atoms. The maximum Gasteiger partial charge on any atom is 0.167 e.